The quantitative estimate of drug-likeness (QED) is 0.827. The number of hydrogen-bond donors (Lipinski definition) is 1. The molecular weight excluding hydrogens is 299 g/mol. The van der Waals surface area contributed by atoms with E-state index < -0.39 is 17.8 Å². The van der Waals surface area contributed by atoms with Crippen molar-refractivity contribution in [2.45, 2.75) is 26.1 Å². The van der Waals surface area contributed by atoms with Crippen LogP contribution in [-0.2, 0) is 6.18 Å². The van der Waals surface area contributed by atoms with Crippen LogP contribution in [0.3, 0.4) is 0 Å². The predicted molar refractivity (Wildman–Crippen MR) is 78.4 cm³/mol. The first-order valence-corrected chi connectivity index (χ1v) is 6.77. The van der Waals surface area contributed by atoms with Crippen LogP contribution in [0.15, 0.2) is 36.4 Å². The Morgan fingerprint density at radius 1 is 1.05 bits per heavy atom. The molecule has 2 rings (SSSR count). The van der Waals surface area contributed by atoms with Crippen molar-refractivity contribution in [1.82, 2.24) is 0 Å². The SMILES string of the molecule is Cc1cc(C(N)c2cccc(C(F)(F)F)c2)c(C)cc1Cl. The molecule has 0 heterocycles. The molecule has 0 saturated heterocycles. The Hall–Kier alpha value is -1.52. The molecule has 1 unspecified atom stereocenters. The summed E-state index contributed by atoms with van der Waals surface area (Å²) >= 11 is 6.03. The van der Waals surface area contributed by atoms with Gasteiger partial charge in [0.25, 0.3) is 0 Å². The molecule has 0 bridgehead atoms. The number of benzene rings is 2. The number of hydrogen-bond acceptors (Lipinski definition) is 1. The van der Waals surface area contributed by atoms with Crippen LogP contribution in [0.2, 0.25) is 5.02 Å². The lowest BCUT2D eigenvalue weighted by Gasteiger charge is -2.18. The van der Waals surface area contributed by atoms with Crippen molar-refractivity contribution < 1.29 is 13.2 Å². The molecule has 0 aromatic heterocycles. The number of nitrogens with two attached hydrogens (primary N) is 1. The third kappa shape index (κ3) is 3.39. The number of aryl methyl sites for hydroxylation is 2. The monoisotopic (exact) mass is 313 g/mol. The van der Waals surface area contributed by atoms with Crippen LogP contribution in [0.25, 0.3) is 0 Å². The van der Waals surface area contributed by atoms with Crippen molar-refractivity contribution in [3.05, 3.63) is 69.2 Å². The summed E-state index contributed by atoms with van der Waals surface area (Å²) in [5.41, 5.74) is 8.35. The fourth-order valence-electron chi connectivity index (χ4n) is 2.23. The van der Waals surface area contributed by atoms with E-state index in [9.17, 15) is 13.2 Å². The van der Waals surface area contributed by atoms with Gasteiger partial charge >= 0.3 is 6.18 Å². The fourth-order valence-corrected chi connectivity index (χ4v) is 2.44. The van der Waals surface area contributed by atoms with E-state index in [1.54, 1.807) is 12.1 Å². The van der Waals surface area contributed by atoms with Gasteiger partial charge in [-0.15, -0.1) is 0 Å². The average molecular weight is 314 g/mol. The standard InChI is InChI=1S/C16H15ClF3N/c1-9-7-14(17)10(2)6-13(9)15(21)11-4-3-5-12(8-11)16(18,19)20/h3-8,15H,21H2,1-2H3. The van der Waals surface area contributed by atoms with Crippen LogP contribution < -0.4 is 5.73 Å². The van der Waals surface area contributed by atoms with Crippen LogP contribution >= 0.6 is 11.6 Å². The van der Waals surface area contributed by atoms with E-state index >= 15 is 0 Å². The molecule has 0 aliphatic carbocycles. The van der Waals surface area contributed by atoms with Crippen LogP contribution in [0.1, 0.15) is 33.9 Å². The molecular formula is C16H15ClF3N. The lowest BCUT2D eigenvalue weighted by atomic mass is 9.93. The Labute approximate surface area is 126 Å². The number of alkyl halides is 3. The van der Waals surface area contributed by atoms with Crippen molar-refractivity contribution in [2.75, 3.05) is 0 Å². The summed E-state index contributed by atoms with van der Waals surface area (Å²) in [6, 6.07) is 8.08. The van der Waals surface area contributed by atoms with Gasteiger partial charge in [-0.2, -0.15) is 13.2 Å². The second-order valence-corrected chi connectivity index (χ2v) is 5.47. The molecule has 2 aromatic carbocycles. The Balaban J connectivity index is 2.45. The fraction of sp³-hybridized carbons (Fsp3) is 0.250. The largest absolute Gasteiger partial charge is 0.416 e. The lowest BCUT2D eigenvalue weighted by molar-refractivity contribution is -0.137. The maximum atomic E-state index is 12.8. The van der Waals surface area contributed by atoms with E-state index in [1.165, 1.54) is 6.07 Å². The minimum absolute atomic E-state index is 0.426. The van der Waals surface area contributed by atoms with Gasteiger partial charge in [0.2, 0.25) is 0 Å². The number of halogens is 4. The van der Waals surface area contributed by atoms with Gasteiger partial charge in [0, 0.05) is 5.02 Å². The first-order chi connectivity index (χ1) is 9.70. The van der Waals surface area contributed by atoms with Crippen molar-refractivity contribution in [2.24, 2.45) is 5.73 Å². The summed E-state index contributed by atoms with van der Waals surface area (Å²) < 4.78 is 38.3. The van der Waals surface area contributed by atoms with Gasteiger partial charge in [0.15, 0.2) is 0 Å². The molecule has 2 aromatic rings. The molecule has 1 atom stereocenters. The van der Waals surface area contributed by atoms with Crippen molar-refractivity contribution in [3.8, 4) is 0 Å². The normalized spacial score (nSPS) is 13.3. The molecule has 0 spiro atoms. The van der Waals surface area contributed by atoms with Crippen molar-refractivity contribution in [1.29, 1.82) is 0 Å². The van der Waals surface area contributed by atoms with Crippen LogP contribution in [-0.4, -0.2) is 0 Å². The Morgan fingerprint density at radius 2 is 1.71 bits per heavy atom. The molecule has 1 nitrogen and oxygen atoms in total. The van der Waals surface area contributed by atoms with Crippen LogP contribution in [0.5, 0.6) is 0 Å². The van der Waals surface area contributed by atoms with Gasteiger partial charge in [-0.1, -0.05) is 29.8 Å². The molecule has 2 N–H and O–H groups in total. The smallest absolute Gasteiger partial charge is 0.320 e. The minimum Gasteiger partial charge on any atom is -0.320 e. The number of rotatable bonds is 2. The van der Waals surface area contributed by atoms with Gasteiger partial charge in [-0.25, -0.2) is 0 Å². The van der Waals surface area contributed by atoms with Crippen molar-refractivity contribution in [3.63, 3.8) is 0 Å². The lowest BCUT2D eigenvalue weighted by Crippen LogP contribution is -2.15. The highest BCUT2D eigenvalue weighted by Gasteiger charge is 2.30. The zero-order valence-electron chi connectivity index (χ0n) is 11.6. The first kappa shape index (κ1) is 15.9. The summed E-state index contributed by atoms with van der Waals surface area (Å²) in [4.78, 5) is 0. The highest BCUT2D eigenvalue weighted by atomic mass is 35.5. The van der Waals surface area contributed by atoms with Crippen molar-refractivity contribution >= 4 is 11.6 Å². The topological polar surface area (TPSA) is 26.0 Å². The molecule has 0 fully saturated rings. The van der Waals surface area contributed by atoms with Crippen LogP contribution in [0, 0.1) is 13.8 Å². The highest BCUT2D eigenvalue weighted by molar-refractivity contribution is 6.31. The maximum absolute atomic E-state index is 12.8. The molecule has 0 radical (unpaired) electrons. The molecule has 21 heavy (non-hydrogen) atoms. The first-order valence-electron chi connectivity index (χ1n) is 6.39. The Morgan fingerprint density at radius 3 is 2.33 bits per heavy atom. The highest BCUT2D eigenvalue weighted by Crippen LogP contribution is 2.33. The molecule has 0 aliphatic rings. The molecule has 0 saturated carbocycles. The Bertz CT molecular complexity index is 665. The van der Waals surface area contributed by atoms with Crippen LogP contribution in [0.4, 0.5) is 13.2 Å². The van der Waals surface area contributed by atoms with Gasteiger partial charge in [0.1, 0.15) is 0 Å². The molecule has 5 heteroatoms. The minimum atomic E-state index is -4.37. The van der Waals surface area contributed by atoms with E-state index in [0.29, 0.717) is 10.6 Å². The zero-order chi connectivity index (χ0) is 15.8. The maximum Gasteiger partial charge on any atom is 0.416 e. The van der Waals surface area contributed by atoms with E-state index in [0.717, 1.165) is 28.8 Å². The summed E-state index contributed by atoms with van der Waals surface area (Å²) in [7, 11) is 0. The van der Waals surface area contributed by atoms with E-state index in [1.807, 2.05) is 19.9 Å². The van der Waals surface area contributed by atoms with E-state index in [-0.39, 0.29) is 0 Å². The molecule has 112 valence electrons. The van der Waals surface area contributed by atoms with E-state index in [2.05, 4.69) is 0 Å². The predicted octanol–water partition coefficient (Wildman–Crippen LogP) is 5.02. The summed E-state index contributed by atoms with van der Waals surface area (Å²) in [6.07, 6.45) is -4.37. The van der Waals surface area contributed by atoms with Gasteiger partial charge in [0.05, 0.1) is 11.6 Å². The third-order valence-electron chi connectivity index (χ3n) is 3.46. The second-order valence-electron chi connectivity index (χ2n) is 5.06. The average Bonchev–Trinajstić information content (AvgIpc) is 2.41. The van der Waals surface area contributed by atoms with Gasteiger partial charge < -0.3 is 5.73 Å². The summed E-state index contributed by atoms with van der Waals surface area (Å²) in [5.74, 6) is 0. The van der Waals surface area contributed by atoms with E-state index in [4.69, 9.17) is 17.3 Å². The van der Waals surface area contributed by atoms with Gasteiger partial charge in [-0.3, -0.25) is 0 Å². The zero-order valence-corrected chi connectivity index (χ0v) is 12.4. The summed E-state index contributed by atoms with van der Waals surface area (Å²) in [5, 5.41) is 0.618. The van der Waals surface area contributed by atoms with Gasteiger partial charge in [-0.05, 0) is 54.3 Å². The molecule has 0 aliphatic heterocycles. The third-order valence-corrected chi connectivity index (χ3v) is 3.86. The summed E-state index contributed by atoms with van der Waals surface area (Å²) in [6.45, 7) is 3.68. The molecule has 0 amide bonds. The Kier molecular flexibility index (Phi) is 4.30. The second kappa shape index (κ2) is 5.70.